The summed E-state index contributed by atoms with van der Waals surface area (Å²) in [6.07, 6.45) is 6.24. The SMILES string of the molecule is CC(C)CCOc1ccc2c(c1)C1OCCCC1C(C1CCN(Cc3ccccc3)CC1)N2. The molecule has 33 heavy (non-hydrogen) atoms. The summed E-state index contributed by atoms with van der Waals surface area (Å²) in [5.41, 5.74) is 3.98. The van der Waals surface area contributed by atoms with Gasteiger partial charge in [0.1, 0.15) is 5.75 Å². The van der Waals surface area contributed by atoms with Crippen LogP contribution >= 0.6 is 0 Å². The number of piperidine rings is 1. The van der Waals surface area contributed by atoms with E-state index >= 15 is 0 Å². The molecule has 2 fully saturated rings. The number of hydrogen-bond donors (Lipinski definition) is 1. The van der Waals surface area contributed by atoms with Gasteiger partial charge in [0.15, 0.2) is 0 Å². The molecule has 0 spiro atoms. The molecule has 1 N–H and O–H groups in total. The third-order valence-corrected chi connectivity index (χ3v) is 7.83. The minimum atomic E-state index is 0.205. The zero-order valence-electron chi connectivity index (χ0n) is 20.3. The number of nitrogens with one attached hydrogen (secondary N) is 1. The highest BCUT2D eigenvalue weighted by atomic mass is 16.5. The largest absolute Gasteiger partial charge is 0.494 e. The fourth-order valence-corrected chi connectivity index (χ4v) is 5.97. The van der Waals surface area contributed by atoms with Crippen LogP contribution in [0.2, 0.25) is 0 Å². The summed E-state index contributed by atoms with van der Waals surface area (Å²) in [7, 11) is 0. The topological polar surface area (TPSA) is 33.7 Å². The number of nitrogens with zero attached hydrogens (tertiary/aromatic N) is 1. The Balaban J connectivity index is 1.25. The number of hydrogen-bond acceptors (Lipinski definition) is 4. The van der Waals surface area contributed by atoms with E-state index in [-0.39, 0.29) is 6.10 Å². The predicted octanol–water partition coefficient (Wildman–Crippen LogP) is 6.29. The lowest BCUT2D eigenvalue weighted by Crippen LogP contribution is -2.48. The highest BCUT2D eigenvalue weighted by Crippen LogP contribution is 2.47. The van der Waals surface area contributed by atoms with Gasteiger partial charge in [0.2, 0.25) is 0 Å². The van der Waals surface area contributed by atoms with E-state index in [1.807, 2.05) is 0 Å². The van der Waals surface area contributed by atoms with Crippen LogP contribution in [0.3, 0.4) is 0 Å². The predicted molar refractivity (Wildman–Crippen MR) is 135 cm³/mol. The Morgan fingerprint density at radius 1 is 1.06 bits per heavy atom. The van der Waals surface area contributed by atoms with E-state index in [2.05, 4.69) is 72.6 Å². The van der Waals surface area contributed by atoms with Gasteiger partial charge in [-0.1, -0.05) is 44.2 Å². The zero-order chi connectivity index (χ0) is 22.6. The van der Waals surface area contributed by atoms with Crippen LogP contribution in [0.15, 0.2) is 48.5 Å². The van der Waals surface area contributed by atoms with E-state index in [9.17, 15) is 0 Å². The Bertz CT molecular complexity index is 892. The van der Waals surface area contributed by atoms with Crippen molar-refractivity contribution in [3.05, 3.63) is 59.7 Å². The Hall–Kier alpha value is -2.04. The van der Waals surface area contributed by atoms with Crippen molar-refractivity contribution in [1.29, 1.82) is 0 Å². The molecule has 3 aliphatic heterocycles. The summed E-state index contributed by atoms with van der Waals surface area (Å²) in [5.74, 6) is 2.91. The third-order valence-electron chi connectivity index (χ3n) is 7.83. The number of anilines is 1. The second-order valence-electron chi connectivity index (χ2n) is 10.6. The Labute approximate surface area is 199 Å². The van der Waals surface area contributed by atoms with Gasteiger partial charge in [-0.2, -0.15) is 0 Å². The summed E-state index contributed by atoms with van der Waals surface area (Å²) >= 11 is 0. The maximum Gasteiger partial charge on any atom is 0.119 e. The van der Waals surface area contributed by atoms with Crippen molar-refractivity contribution < 1.29 is 9.47 Å². The van der Waals surface area contributed by atoms with Gasteiger partial charge in [-0.3, -0.25) is 4.90 Å². The van der Waals surface area contributed by atoms with Gasteiger partial charge in [0, 0.05) is 36.4 Å². The minimum absolute atomic E-state index is 0.205. The summed E-state index contributed by atoms with van der Waals surface area (Å²) in [6, 6.07) is 18.0. The van der Waals surface area contributed by atoms with Gasteiger partial charge in [-0.05, 0) is 80.8 Å². The molecule has 3 heterocycles. The van der Waals surface area contributed by atoms with Gasteiger partial charge >= 0.3 is 0 Å². The van der Waals surface area contributed by atoms with Crippen molar-refractivity contribution in [3.63, 3.8) is 0 Å². The molecule has 0 amide bonds. The Morgan fingerprint density at radius 2 is 1.88 bits per heavy atom. The minimum Gasteiger partial charge on any atom is -0.494 e. The fraction of sp³-hybridized carbons (Fsp3) is 0.586. The summed E-state index contributed by atoms with van der Waals surface area (Å²) in [6.45, 7) is 9.59. The number of ether oxygens (including phenoxy) is 2. The third kappa shape index (κ3) is 5.38. The first kappa shape index (κ1) is 22.7. The lowest BCUT2D eigenvalue weighted by atomic mass is 9.73. The molecule has 4 heteroatoms. The highest BCUT2D eigenvalue weighted by Gasteiger charge is 2.43. The van der Waals surface area contributed by atoms with Crippen molar-refractivity contribution in [2.45, 2.75) is 64.6 Å². The molecule has 2 saturated heterocycles. The van der Waals surface area contributed by atoms with Gasteiger partial charge in [-0.15, -0.1) is 0 Å². The molecule has 5 rings (SSSR count). The van der Waals surface area contributed by atoms with Gasteiger partial charge in [-0.25, -0.2) is 0 Å². The zero-order valence-corrected chi connectivity index (χ0v) is 20.3. The smallest absolute Gasteiger partial charge is 0.119 e. The molecular formula is C29H40N2O2. The van der Waals surface area contributed by atoms with Gasteiger partial charge < -0.3 is 14.8 Å². The number of likely N-dealkylation sites (tertiary alicyclic amines) is 1. The van der Waals surface area contributed by atoms with Crippen LogP contribution in [-0.2, 0) is 11.3 Å². The average Bonchev–Trinajstić information content (AvgIpc) is 2.85. The van der Waals surface area contributed by atoms with Crippen molar-refractivity contribution >= 4 is 5.69 Å². The standard InChI is InChI=1S/C29H40N2O2/c1-21(2)14-18-32-24-10-11-27-26(19-24)29-25(9-6-17-33-29)28(30-27)23-12-15-31(16-13-23)20-22-7-4-3-5-8-22/h3-5,7-8,10-11,19,21,23,25,28-30H,6,9,12-18,20H2,1-2H3. The molecule has 0 bridgehead atoms. The molecule has 2 aromatic carbocycles. The van der Waals surface area contributed by atoms with Crippen LogP contribution in [0.25, 0.3) is 0 Å². The first-order valence-electron chi connectivity index (χ1n) is 13.1. The van der Waals surface area contributed by atoms with E-state index in [0.29, 0.717) is 23.8 Å². The van der Waals surface area contributed by atoms with E-state index < -0.39 is 0 Å². The second-order valence-corrected chi connectivity index (χ2v) is 10.6. The van der Waals surface area contributed by atoms with E-state index in [1.165, 1.54) is 55.6 Å². The van der Waals surface area contributed by atoms with Crippen LogP contribution in [0, 0.1) is 17.8 Å². The lowest BCUT2D eigenvalue weighted by Gasteiger charge is -2.48. The Kier molecular flexibility index (Phi) is 7.22. The van der Waals surface area contributed by atoms with E-state index in [4.69, 9.17) is 9.47 Å². The van der Waals surface area contributed by atoms with E-state index in [0.717, 1.165) is 31.9 Å². The lowest BCUT2D eigenvalue weighted by molar-refractivity contribution is -0.0474. The molecular weight excluding hydrogens is 408 g/mol. The van der Waals surface area contributed by atoms with Crippen molar-refractivity contribution in [2.24, 2.45) is 17.8 Å². The molecule has 4 nitrogen and oxygen atoms in total. The van der Waals surface area contributed by atoms with Crippen molar-refractivity contribution in [1.82, 2.24) is 4.90 Å². The van der Waals surface area contributed by atoms with Crippen molar-refractivity contribution in [2.75, 3.05) is 31.6 Å². The molecule has 3 atom stereocenters. The maximum absolute atomic E-state index is 6.42. The molecule has 0 radical (unpaired) electrons. The maximum atomic E-state index is 6.42. The molecule has 3 unspecified atom stereocenters. The van der Waals surface area contributed by atoms with E-state index in [1.54, 1.807) is 0 Å². The number of rotatable bonds is 7. The fourth-order valence-electron chi connectivity index (χ4n) is 5.97. The first-order chi connectivity index (χ1) is 16.2. The van der Waals surface area contributed by atoms with Gasteiger partial charge in [0.05, 0.1) is 12.7 Å². The molecule has 0 aromatic heterocycles. The molecule has 2 aromatic rings. The summed E-state index contributed by atoms with van der Waals surface area (Å²) in [4.78, 5) is 2.62. The molecule has 178 valence electrons. The molecule has 0 aliphatic carbocycles. The first-order valence-corrected chi connectivity index (χ1v) is 13.1. The van der Waals surface area contributed by atoms with Crippen molar-refractivity contribution in [3.8, 4) is 5.75 Å². The average molecular weight is 449 g/mol. The van der Waals surface area contributed by atoms with Crippen LogP contribution in [0.1, 0.15) is 63.2 Å². The normalized spacial score (nSPS) is 25.8. The summed E-state index contributed by atoms with van der Waals surface area (Å²) in [5, 5.41) is 3.98. The quantitative estimate of drug-likeness (QED) is 0.540. The number of benzene rings is 2. The number of fused-ring (bicyclic) bond motifs is 3. The summed E-state index contributed by atoms with van der Waals surface area (Å²) < 4.78 is 12.5. The van der Waals surface area contributed by atoms with Crippen LogP contribution in [-0.4, -0.2) is 37.2 Å². The monoisotopic (exact) mass is 448 g/mol. The van der Waals surface area contributed by atoms with Gasteiger partial charge in [0.25, 0.3) is 0 Å². The van der Waals surface area contributed by atoms with Crippen LogP contribution < -0.4 is 10.1 Å². The highest BCUT2D eigenvalue weighted by molar-refractivity contribution is 5.58. The Morgan fingerprint density at radius 3 is 2.67 bits per heavy atom. The van der Waals surface area contributed by atoms with Crippen LogP contribution in [0.4, 0.5) is 5.69 Å². The second kappa shape index (κ2) is 10.5. The molecule has 3 aliphatic rings. The van der Waals surface area contributed by atoms with Crippen LogP contribution in [0.5, 0.6) is 5.75 Å². The molecule has 0 saturated carbocycles.